The van der Waals surface area contributed by atoms with E-state index in [4.69, 9.17) is 0 Å². The van der Waals surface area contributed by atoms with Crippen molar-refractivity contribution in [3.63, 3.8) is 0 Å². The Morgan fingerprint density at radius 1 is 1.44 bits per heavy atom. The lowest BCUT2D eigenvalue weighted by Gasteiger charge is -2.21. The quantitative estimate of drug-likeness (QED) is 0.717. The summed E-state index contributed by atoms with van der Waals surface area (Å²) in [6.07, 6.45) is 4.89. The highest BCUT2D eigenvalue weighted by Crippen LogP contribution is 2.11. The van der Waals surface area contributed by atoms with E-state index < -0.39 is 0 Å². The first-order chi connectivity index (χ1) is 8.72. The fourth-order valence-electron chi connectivity index (χ4n) is 1.76. The molecule has 100 valence electrons. The van der Waals surface area contributed by atoms with E-state index in [-0.39, 0.29) is 0 Å². The van der Waals surface area contributed by atoms with E-state index in [2.05, 4.69) is 40.6 Å². The van der Waals surface area contributed by atoms with E-state index in [0.717, 1.165) is 49.8 Å². The monoisotopic (exact) mass is 248 g/mol. The largest absolute Gasteiger partial charge is 0.337 e. The molecule has 1 rings (SSSR count). The van der Waals surface area contributed by atoms with Crippen molar-refractivity contribution in [2.75, 3.05) is 24.5 Å². The molecule has 0 atom stereocenters. The second-order valence-electron chi connectivity index (χ2n) is 4.30. The minimum atomic E-state index is 0.792. The number of aryl methyl sites for hydroxylation is 1. The average molecular weight is 248 g/mol. The summed E-state index contributed by atoms with van der Waals surface area (Å²) in [5.41, 5.74) is 2.21. The van der Waals surface area contributed by atoms with Crippen LogP contribution in [-0.2, 0) is 6.54 Å². The first-order valence-electron chi connectivity index (χ1n) is 6.62. The predicted octanol–water partition coefficient (Wildman–Crippen LogP) is 2.30. The van der Waals surface area contributed by atoms with Crippen LogP contribution in [0.15, 0.2) is 18.9 Å². The Bertz CT molecular complexity index is 376. The molecular weight excluding hydrogens is 224 g/mol. The summed E-state index contributed by atoms with van der Waals surface area (Å²) in [7, 11) is 0. The highest BCUT2D eigenvalue weighted by Gasteiger charge is 2.09. The lowest BCUT2D eigenvalue weighted by molar-refractivity contribution is 0.711. The summed E-state index contributed by atoms with van der Waals surface area (Å²) in [4.78, 5) is 11.2. The lowest BCUT2D eigenvalue weighted by atomic mass is 10.2. The Morgan fingerprint density at radius 3 is 2.78 bits per heavy atom. The molecule has 0 unspecified atom stereocenters. The molecule has 0 saturated heterocycles. The van der Waals surface area contributed by atoms with E-state index in [1.807, 2.05) is 19.2 Å². The number of anilines is 1. The Morgan fingerprint density at radius 2 is 2.22 bits per heavy atom. The van der Waals surface area contributed by atoms with Gasteiger partial charge in [0.1, 0.15) is 0 Å². The molecule has 1 aromatic rings. The third kappa shape index (κ3) is 4.11. The van der Waals surface area contributed by atoms with Crippen LogP contribution < -0.4 is 10.2 Å². The van der Waals surface area contributed by atoms with Crippen LogP contribution >= 0.6 is 0 Å². The zero-order valence-corrected chi connectivity index (χ0v) is 11.7. The van der Waals surface area contributed by atoms with E-state index >= 15 is 0 Å². The number of nitrogens with one attached hydrogen (secondary N) is 1. The summed E-state index contributed by atoms with van der Waals surface area (Å²) < 4.78 is 0. The smallest absolute Gasteiger partial charge is 0.225 e. The van der Waals surface area contributed by atoms with Gasteiger partial charge in [-0.25, -0.2) is 9.97 Å². The van der Waals surface area contributed by atoms with Gasteiger partial charge in [-0.2, -0.15) is 0 Å². The van der Waals surface area contributed by atoms with Crippen molar-refractivity contribution in [3.8, 4) is 0 Å². The molecule has 0 saturated carbocycles. The molecule has 0 bridgehead atoms. The number of hydrogen-bond acceptors (Lipinski definition) is 4. The van der Waals surface area contributed by atoms with Crippen molar-refractivity contribution in [1.82, 2.24) is 15.3 Å². The van der Waals surface area contributed by atoms with Crippen molar-refractivity contribution in [2.24, 2.45) is 0 Å². The van der Waals surface area contributed by atoms with E-state index in [1.165, 1.54) is 0 Å². The molecular formula is C14H24N4. The number of aromatic nitrogens is 2. The topological polar surface area (TPSA) is 41.1 Å². The maximum Gasteiger partial charge on any atom is 0.225 e. The molecule has 0 amide bonds. The summed E-state index contributed by atoms with van der Waals surface area (Å²) in [5.74, 6) is 0.800. The fraction of sp³-hybridized carbons (Fsp3) is 0.571. The first-order valence-corrected chi connectivity index (χ1v) is 6.62. The van der Waals surface area contributed by atoms with Crippen molar-refractivity contribution in [1.29, 1.82) is 0 Å². The summed E-state index contributed by atoms with van der Waals surface area (Å²) in [5, 5.41) is 3.29. The van der Waals surface area contributed by atoms with E-state index in [1.54, 1.807) is 0 Å². The van der Waals surface area contributed by atoms with Crippen LogP contribution in [0.4, 0.5) is 5.95 Å². The second kappa shape index (κ2) is 7.82. The summed E-state index contributed by atoms with van der Waals surface area (Å²) >= 11 is 0. The summed E-state index contributed by atoms with van der Waals surface area (Å²) in [6.45, 7) is 13.6. The third-order valence-electron chi connectivity index (χ3n) is 2.76. The van der Waals surface area contributed by atoms with Gasteiger partial charge < -0.3 is 10.2 Å². The fourth-order valence-corrected chi connectivity index (χ4v) is 1.76. The Labute approximate surface area is 110 Å². The lowest BCUT2D eigenvalue weighted by Crippen LogP contribution is -2.26. The van der Waals surface area contributed by atoms with Crippen molar-refractivity contribution < 1.29 is 0 Å². The molecule has 1 aromatic heterocycles. The third-order valence-corrected chi connectivity index (χ3v) is 2.76. The van der Waals surface area contributed by atoms with Gasteiger partial charge >= 0.3 is 0 Å². The van der Waals surface area contributed by atoms with Crippen LogP contribution in [-0.4, -0.2) is 29.6 Å². The molecule has 0 aliphatic carbocycles. The minimum Gasteiger partial charge on any atom is -0.337 e. The average Bonchev–Trinajstić information content (AvgIpc) is 2.37. The van der Waals surface area contributed by atoms with Gasteiger partial charge in [0.05, 0.1) is 0 Å². The van der Waals surface area contributed by atoms with Gasteiger partial charge in [-0.05, 0) is 19.9 Å². The van der Waals surface area contributed by atoms with Crippen LogP contribution in [0.5, 0.6) is 0 Å². The van der Waals surface area contributed by atoms with Gasteiger partial charge in [-0.1, -0.05) is 19.9 Å². The van der Waals surface area contributed by atoms with Crippen LogP contribution in [0.25, 0.3) is 0 Å². The molecule has 0 fully saturated rings. The Hall–Kier alpha value is -1.42. The Balaban J connectivity index is 2.83. The van der Waals surface area contributed by atoms with Gasteiger partial charge in [0, 0.05) is 37.1 Å². The van der Waals surface area contributed by atoms with Crippen molar-refractivity contribution >= 4 is 5.95 Å². The number of hydrogen-bond donors (Lipinski definition) is 1. The summed E-state index contributed by atoms with van der Waals surface area (Å²) in [6, 6.07) is 0. The maximum absolute atomic E-state index is 4.59. The molecule has 0 radical (unpaired) electrons. The molecule has 0 aliphatic rings. The molecule has 0 aliphatic heterocycles. The highest BCUT2D eigenvalue weighted by atomic mass is 15.2. The van der Waals surface area contributed by atoms with Gasteiger partial charge in [0.2, 0.25) is 5.95 Å². The SMILES string of the molecule is C=CCN(CCC)c1ncc(CNCC)c(C)n1. The molecule has 4 nitrogen and oxygen atoms in total. The van der Waals surface area contributed by atoms with Gasteiger partial charge in [-0.3, -0.25) is 0 Å². The van der Waals surface area contributed by atoms with Crippen molar-refractivity contribution in [3.05, 3.63) is 30.1 Å². The van der Waals surface area contributed by atoms with Crippen LogP contribution in [0.1, 0.15) is 31.5 Å². The van der Waals surface area contributed by atoms with Crippen molar-refractivity contribution in [2.45, 2.75) is 33.7 Å². The molecule has 18 heavy (non-hydrogen) atoms. The zero-order chi connectivity index (χ0) is 13.4. The van der Waals surface area contributed by atoms with Crippen LogP contribution in [0.3, 0.4) is 0 Å². The molecule has 4 heteroatoms. The zero-order valence-electron chi connectivity index (χ0n) is 11.7. The second-order valence-corrected chi connectivity index (χ2v) is 4.30. The Kier molecular flexibility index (Phi) is 6.36. The van der Waals surface area contributed by atoms with Crippen LogP contribution in [0, 0.1) is 6.92 Å². The van der Waals surface area contributed by atoms with Gasteiger partial charge in [-0.15, -0.1) is 6.58 Å². The van der Waals surface area contributed by atoms with Gasteiger partial charge in [0.15, 0.2) is 0 Å². The molecule has 1 N–H and O–H groups in total. The van der Waals surface area contributed by atoms with E-state index in [0.29, 0.717) is 0 Å². The van der Waals surface area contributed by atoms with E-state index in [9.17, 15) is 0 Å². The predicted molar refractivity (Wildman–Crippen MR) is 76.9 cm³/mol. The molecule has 1 heterocycles. The number of rotatable bonds is 8. The van der Waals surface area contributed by atoms with Gasteiger partial charge in [0.25, 0.3) is 0 Å². The minimum absolute atomic E-state index is 0.792. The highest BCUT2D eigenvalue weighted by molar-refractivity contribution is 5.33. The molecule has 0 spiro atoms. The standard InChI is InChI=1S/C14H24N4/c1-5-8-18(9-6-2)14-16-11-13(10-15-7-3)12(4)17-14/h5,11,15H,1,6-10H2,2-4H3. The molecule has 0 aromatic carbocycles. The van der Waals surface area contributed by atoms with Crippen LogP contribution in [0.2, 0.25) is 0 Å². The first kappa shape index (κ1) is 14.6. The number of nitrogens with zero attached hydrogens (tertiary/aromatic N) is 3. The maximum atomic E-state index is 4.59. The normalized spacial score (nSPS) is 10.4.